The van der Waals surface area contributed by atoms with E-state index in [-0.39, 0.29) is 0 Å². The lowest BCUT2D eigenvalue weighted by Gasteiger charge is -2.12. The molecule has 1 unspecified atom stereocenters. The lowest BCUT2D eigenvalue weighted by molar-refractivity contribution is -0.141. The van der Waals surface area contributed by atoms with Crippen molar-refractivity contribution in [3.8, 4) is 16.9 Å². The first-order chi connectivity index (χ1) is 15.0. The maximum Gasteiger partial charge on any atom is 0.412 e. The standard InChI is InChI=1S/C25H32FNO4/c1-4-5-6-7-8-9-15-27-25(29)31-21-12-10-11-20(16-21)22-14-13-19(17-23(22)26)18(2)24(28)30-3/h10-14,16-18H,4-9,15H2,1-3H3,(H,27,29). The first-order valence-corrected chi connectivity index (χ1v) is 10.9. The van der Waals surface area contributed by atoms with Gasteiger partial charge in [0.2, 0.25) is 0 Å². The van der Waals surface area contributed by atoms with E-state index in [0.717, 1.165) is 12.8 Å². The maximum absolute atomic E-state index is 14.7. The smallest absolute Gasteiger partial charge is 0.412 e. The minimum atomic E-state index is -0.557. The summed E-state index contributed by atoms with van der Waals surface area (Å²) in [4.78, 5) is 23.7. The van der Waals surface area contributed by atoms with Crippen LogP contribution in [0.25, 0.3) is 11.1 Å². The second-order valence-electron chi connectivity index (χ2n) is 7.60. The average molecular weight is 430 g/mol. The first kappa shape index (κ1) is 24.4. The number of carbonyl (C=O) groups excluding carboxylic acids is 2. The van der Waals surface area contributed by atoms with Crippen molar-refractivity contribution >= 4 is 12.1 Å². The molecule has 0 spiro atoms. The Hall–Kier alpha value is -2.89. The average Bonchev–Trinajstić information content (AvgIpc) is 2.77. The molecule has 0 saturated heterocycles. The van der Waals surface area contributed by atoms with E-state index in [1.165, 1.54) is 38.9 Å². The summed E-state index contributed by atoms with van der Waals surface area (Å²) in [6.07, 6.45) is 6.35. The van der Waals surface area contributed by atoms with Crippen LogP contribution in [0.1, 0.15) is 63.9 Å². The van der Waals surface area contributed by atoms with Crippen molar-refractivity contribution < 1.29 is 23.5 Å². The predicted molar refractivity (Wildman–Crippen MR) is 120 cm³/mol. The molecule has 2 aromatic carbocycles. The molecule has 1 amide bonds. The van der Waals surface area contributed by atoms with Crippen molar-refractivity contribution in [1.29, 1.82) is 0 Å². The largest absolute Gasteiger partial charge is 0.469 e. The van der Waals surface area contributed by atoms with Crippen molar-refractivity contribution in [2.45, 2.75) is 58.3 Å². The number of hydrogen-bond donors (Lipinski definition) is 1. The molecule has 0 radical (unpaired) electrons. The minimum absolute atomic E-state index is 0.337. The van der Waals surface area contributed by atoms with Crippen LogP contribution in [-0.4, -0.2) is 25.7 Å². The number of hydrogen-bond acceptors (Lipinski definition) is 4. The van der Waals surface area contributed by atoms with Gasteiger partial charge in [0.05, 0.1) is 13.0 Å². The summed E-state index contributed by atoms with van der Waals surface area (Å²) >= 11 is 0. The van der Waals surface area contributed by atoms with Crippen LogP contribution in [0.2, 0.25) is 0 Å². The zero-order valence-electron chi connectivity index (χ0n) is 18.6. The number of carbonyl (C=O) groups is 2. The van der Waals surface area contributed by atoms with Crippen molar-refractivity contribution in [2.75, 3.05) is 13.7 Å². The van der Waals surface area contributed by atoms with Gasteiger partial charge in [-0.15, -0.1) is 0 Å². The van der Waals surface area contributed by atoms with Crippen LogP contribution >= 0.6 is 0 Å². The Balaban J connectivity index is 1.94. The lowest BCUT2D eigenvalue weighted by Crippen LogP contribution is -2.27. The molecule has 168 valence electrons. The fourth-order valence-corrected chi connectivity index (χ4v) is 3.31. The highest BCUT2D eigenvalue weighted by molar-refractivity contribution is 5.78. The van der Waals surface area contributed by atoms with Crippen LogP contribution in [0.15, 0.2) is 42.5 Å². The number of nitrogens with one attached hydrogen (secondary N) is 1. The molecule has 0 aliphatic heterocycles. The number of benzene rings is 2. The van der Waals surface area contributed by atoms with Crippen LogP contribution < -0.4 is 10.1 Å². The molecule has 5 nitrogen and oxygen atoms in total. The molecule has 31 heavy (non-hydrogen) atoms. The highest BCUT2D eigenvalue weighted by Gasteiger charge is 2.18. The Labute approximate surface area is 183 Å². The number of unbranched alkanes of at least 4 members (excludes halogenated alkanes) is 5. The first-order valence-electron chi connectivity index (χ1n) is 10.9. The van der Waals surface area contributed by atoms with E-state index >= 15 is 0 Å². The number of ether oxygens (including phenoxy) is 2. The third-order valence-electron chi connectivity index (χ3n) is 5.20. The molecule has 6 heteroatoms. The quantitative estimate of drug-likeness (QED) is 0.340. The Bertz CT molecular complexity index is 868. The summed E-state index contributed by atoms with van der Waals surface area (Å²) < 4.78 is 24.8. The van der Waals surface area contributed by atoms with Crippen molar-refractivity contribution in [3.63, 3.8) is 0 Å². The van der Waals surface area contributed by atoms with Gasteiger partial charge >= 0.3 is 12.1 Å². The van der Waals surface area contributed by atoms with Gasteiger partial charge in [0.25, 0.3) is 0 Å². The van der Waals surface area contributed by atoms with E-state index in [9.17, 15) is 14.0 Å². The van der Waals surface area contributed by atoms with Gasteiger partial charge in [-0.05, 0) is 42.7 Å². The summed E-state index contributed by atoms with van der Waals surface area (Å²) in [6, 6.07) is 11.4. The Morgan fingerprint density at radius 2 is 1.77 bits per heavy atom. The third kappa shape index (κ3) is 7.70. The molecule has 0 fully saturated rings. The van der Waals surface area contributed by atoms with Gasteiger partial charge in [-0.2, -0.15) is 0 Å². The van der Waals surface area contributed by atoms with Crippen molar-refractivity contribution in [3.05, 3.63) is 53.8 Å². The second-order valence-corrected chi connectivity index (χ2v) is 7.60. The molecule has 2 rings (SSSR count). The van der Waals surface area contributed by atoms with E-state index in [2.05, 4.69) is 12.2 Å². The van der Waals surface area contributed by atoms with Gasteiger partial charge < -0.3 is 14.8 Å². The van der Waals surface area contributed by atoms with Crippen molar-refractivity contribution in [2.24, 2.45) is 0 Å². The monoisotopic (exact) mass is 429 g/mol. The van der Waals surface area contributed by atoms with E-state index in [1.807, 2.05) is 0 Å². The van der Waals surface area contributed by atoms with E-state index in [4.69, 9.17) is 9.47 Å². The summed E-state index contributed by atoms with van der Waals surface area (Å²) in [5.41, 5.74) is 1.48. The highest BCUT2D eigenvalue weighted by atomic mass is 19.1. The van der Waals surface area contributed by atoms with Gasteiger partial charge in [-0.3, -0.25) is 4.79 Å². The SMILES string of the molecule is CCCCCCCCNC(=O)Oc1cccc(-c2ccc(C(C)C(=O)OC)cc2F)c1. The fraction of sp³-hybridized carbons (Fsp3) is 0.440. The molecular weight excluding hydrogens is 397 g/mol. The normalized spacial score (nSPS) is 11.6. The Kier molecular flexibility index (Phi) is 10.0. The fourth-order valence-electron chi connectivity index (χ4n) is 3.31. The van der Waals surface area contributed by atoms with Crippen LogP contribution in [0.5, 0.6) is 5.75 Å². The van der Waals surface area contributed by atoms with Gasteiger partial charge in [0, 0.05) is 12.1 Å². The number of methoxy groups -OCH3 is 1. The maximum atomic E-state index is 14.7. The topological polar surface area (TPSA) is 64.6 Å². The second kappa shape index (κ2) is 12.7. The minimum Gasteiger partial charge on any atom is -0.469 e. The number of rotatable bonds is 11. The molecule has 1 N–H and O–H groups in total. The summed E-state index contributed by atoms with van der Waals surface area (Å²) in [7, 11) is 1.30. The van der Waals surface area contributed by atoms with E-state index < -0.39 is 23.8 Å². The summed E-state index contributed by atoms with van der Waals surface area (Å²) in [5, 5.41) is 2.75. The van der Waals surface area contributed by atoms with Crippen LogP contribution in [0, 0.1) is 5.82 Å². The van der Waals surface area contributed by atoms with Gasteiger partial charge in [0.15, 0.2) is 0 Å². The number of amides is 1. The summed E-state index contributed by atoms with van der Waals surface area (Å²) in [5.74, 6) is -1.10. The van der Waals surface area contributed by atoms with Crippen LogP contribution in [0.4, 0.5) is 9.18 Å². The molecule has 0 saturated carbocycles. The van der Waals surface area contributed by atoms with Gasteiger partial charge in [-0.25, -0.2) is 9.18 Å². The molecule has 1 atom stereocenters. The van der Waals surface area contributed by atoms with Gasteiger partial charge in [-0.1, -0.05) is 63.3 Å². The Morgan fingerprint density at radius 3 is 2.48 bits per heavy atom. The number of halogens is 1. The molecule has 0 aliphatic carbocycles. The van der Waals surface area contributed by atoms with Crippen molar-refractivity contribution in [1.82, 2.24) is 5.32 Å². The van der Waals surface area contributed by atoms with Gasteiger partial charge in [0.1, 0.15) is 11.6 Å². The zero-order valence-corrected chi connectivity index (χ0v) is 18.6. The molecule has 0 aromatic heterocycles. The third-order valence-corrected chi connectivity index (χ3v) is 5.20. The van der Waals surface area contributed by atoms with Crippen LogP contribution in [-0.2, 0) is 9.53 Å². The van der Waals surface area contributed by atoms with E-state index in [1.54, 1.807) is 43.3 Å². The molecule has 0 heterocycles. The molecular formula is C25H32FNO4. The molecule has 0 bridgehead atoms. The summed E-state index contributed by atoms with van der Waals surface area (Å²) in [6.45, 7) is 4.42. The highest BCUT2D eigenvalue weighted by Crippen LogP contribution is 2.29. The predicted octanol–water partition coefficient (Wildman–Crippen LogP) is 6.22. The Morgan fingerprint density at radius 1 is 1.03 bits per heavy atom. The molecule has 0 aliphatic rings. The zero-order chi connectivity index (χ0) is 22.6. The lowest BCUT2D eigenvalue weighted by atomic mass is 9.97. The van der Waals surface area contributed by atoms with Crippen LogP contribution in [0.3, 0.4) is 0 Å². The van der Waals surface area contributed by atoms with E-state index in [0.29, 0.717) is 29.0 Å². The molecule has 2 aromatic rings. The number of esters is 1.